The van der Waals surface area contributed by atoms with E-state index < -0.39 is 0 Å². The molecule has 0 aliphatic carbocycles. The number of fused-ring (bicyclic) bond motifs is 1. The maximum atomic E-state index is 3.18. The number of aromatic amines is 1. The Hall–Kier alpha value is -1.72. The lowest BCUT2D eigenvalue weighted by Gasteiger charge is -1.92. The second-order valence-electron chi connectivity index (χ2n) is 3.44. The third kappa shape index (κ3) is 2.39. The number of aromatic nitrogens is 1. The number of hydrogen-bond acceptors (Lipinski definition) is 1. The molecule has 2 N–H and O–H groups in total. The summed E-state index contributed by atoms with van der Waals surface area (Å²) in [4.78, 5) is 3.18. The zero-order valence-electron chi connectivity index (χ0n) is 8.80. The smallest absolute Gasteiger partial charge is 0.0466 e. The first-order valence-corrected chi connectivity index (χ1v) is 5.11. The van der Waals surface area contributed by atoms with Crippen LogP contribution in [0.25, 0.3) is 10.9 Å². The Kier molecular flexibility index (Phi) is 3.06. The predicted octanol–water partition coefficient (Wildman–Crippen LogP) is 2.13. The van der Waals surface area contributed by atoms with Crippen molar-refractivity contribution in [3.8, 4) is 11.8 Å². The Morgan fingerprint density at radius 1 is 1.33 bits per heavy atom. The van der Waals surface area contributed by atoms with Gasteiger partial charge in [0.2, 0.25) is 0 Å². The molecule has 2 rings (SSSR count). The molecule has 1 aromatic carbocycles. The number of hydrogen-bond donors (Lipinski definition) is 2. The molecule has 0 amide bonds. The van der Waals surface area contributed by atoms with Gasteiger partial charge < -0.3 is 10.3 Å². The van der Waals surface area contributed by atoms with E-state index in [2.05, 4.69) is 46.4 Å². The molecular weight excluding hydrogens is 184 g/mol. The minimum atomic E-state index is 0.888. The van der Waals surface area contributed by atoms with Gasteiger partial charge in [-0.2, -0.15) is 0 Å². The van der Waals surface area contributed by atoms with Gasteiger partial charge in [-0.1, -0.05) is 17.9 Å². The van der Waals surface area contributed by atoms with Crippen LogP contribution in [0.5, 0.6) is 0 Å². The van der Waals surface area contributed by atoms with E-state index in [0.29, 0.717) is 0 Å². The average Bonchev–Trinajstić information content (AvgIpc) is 2.71. The van der Waals surface area contributed by atoms with Crippen molar-refractivity contribution in [1.29, 1.82) is 0 Å². The van der Waals surface area contributed by atoms with Crippen molar-refractivity contribution >= 4 is 10.9 Å². The highest BCUT2D eigenvalue weighted by Gasteiger charge is 1.93. The first kappa shape index (κ1) is 9.82. The van der Waals surface area contributed by atoms with Gasteiger partial charge in [-0.3, -0.25) is 0 Å². The molecule has 15 heavy (non-hydrogen) atoms. The van der Waals surface area contributed by atoms with Crippen molar-refractivity contribution in [2.75, 3.05) is 13.6 Å². The summed E-state index contributed by atoms with van der Waals surface area (Å²) < 4.78 is 0. The topological polar surface area (TPSA) is 27.8 Å². The van der Waals surface area contributed by atoms with Gasteiger partial charge >= 0.3 is 0 Å². The van der Waals surface area contributed by atoms with E-state index in [-0.39, 0.29) is 0 Å². The zero-order chi connectivity index (χ0) is 10.5. The van der Waals surface area contributed by atoms with Crippen molar-refractivity contribution in [3.63, 3.8) is 0 Å². The monoisotopic (exact) mass is 198 g/mol. The molecule has 2 aromatic rings. The minimum absolute atomic E-state index is 0.888. The number of benzene rings is 1. The fourth-order valence-corrected chi connectivity index (χ4v) is 1.48. The molecule has 0 aliphatic rings. The largest absolute Gasteiger partial charge is 0.361 e. The number of H-pyrrole nitrogens is 1. The van der Waals surface area contributed by atoms with Crippen LogP contribution in [-0.4, -0.2) is 18.6 Å². The van der Waals surface area contributed by atoms with Crippen LogP contribution < -0.4 is 5.32 Å². The van der Waals surface area contributed by atoms with Crippen molar-refractivity contribution in [2.45, 2.75) is 6.42 Å². The Morgan fingerprint density at radius 2 is 2.27 bits per heavy atom. The SMILES string of the molecule is CNCCC#Cc1ccc2cc[nH]c2c1. The van der Waals surface area contributed by atoms with Crippen LogP contribution in [0.3, 0.4) is 0 Å². The maximum Gasteiger partial charge on any atom is 0.0466 e. The lowest BCUT2D eigenvalue weighted by Crippen LogP contribution is -2.05. The third-order valence-corrected chi connectivity index (χ3v) is 2.29. The summed E-state index contributed by atoms with van der Waals surface area (Å²) in [5, 5.41) is 4.30. The highest BCUT2D eigenvalue weighted by Crippen LogP contribution is 2.13. The molecule has 1 heterocycles. The maximum absolute atomic E-state index is 3.18. The second-order valence-corrected chi connectivity index (χ2v) is 3.44. The molecule has 0 bridgehead atoms. The van der Waals surface area contributed by atoms with E-state index in [0.717, 1.165) is 24.0 Å². The van der Waals surface area contributed by atoms with Crippen LogP contribution in [0.15, 0.2) is 30.5 Å². The van der Waals surface area contributed by atoms with Crippen LogP contribution in [0, 0.1) is 11.8 Å². The lowest BCUT2D eigenvalue weighted by atomic mass is 10.1. The summed E-state index contributed by atoms with van der Waals surface area (Å²) in [6, 6.07) is 8.30. The standard InChI is InChI=1S/C13H14N2/c1-14-8-3-2-4-11-5-6-12-7-9-15-13(12)10-11/h5-7,9-10,14-15H,3,8H2,1H3. The molecule has 1 aromatic heterocycles. The third-order valence-electron chi connectivity index (χ3n) is 2.29. The number of nitrogens with one attached hydrogen (secondary N) is 2. The van der Waals surface area contributed by atoms with Gasteiger partial charge in [0.05, 0.1) is 0 Å². The van der Waals surface area contributed by atoms with Gasteiger partial charge in [-0.25, -0.2) is 0 Å². The van der Waals surface area contributed by atoms with Gasteiger partial charge in [0, 0.05) is 30.2 Å². The Labute approximate surface area is 89.7 Å². The molecule has 0 spiro atoms. The molecule has 2 nitrogen and oxygen atoms in total. The Morgan fingerprint density at radius 3 is 3.13 bits per heavy atom. The van der Waals surface area contributed by atoms with Gasteiger partial charge in [-0.05, 0) is 30.6 Å². The van der Waals surface area contributed by atoms with Crippen LogP contribution in [0.1, 0.15) is 12.0 Å². The summed E-state index contributed by atoms with van der Waals surface area (Å²) in [6.45, 7) is 0.942. The molecule has 0 unspecified atom stereocenters. The molecule has 0 saturated heterocycles. The van der Waals surface area contributed by atoms with Crippen molar-refractivity contribution in [2.24, 2.45) is 0 Å². The number of rotatable bonds is 2. The van der Waals surface area contributed by atoms with E-state index in [9.17, 15) is 0 Å². The molecular formula is C13H14N2. The summed E-state index contributed by atoms with van der Waals surface area (Å²) >= 11 is 0. The molecule has 0 aliphatic heterocycles. The van der Waals surface area contributed by atoms with Crippen LogP contribution >= 0.6 is 0 Å². The average molecular weight is 198 g/mol. The molecule has 2 heteroatoms. The molecule has 0 radical (unpaired) electrons. The van der Waals surface area contributed by atoms with Gasteiger partial charge in [-0.15, -0.1) is 0 Å². The van der Waals surface area contributed by atoms with E-state index >= 15 is 0 Å². The molecule has 76 valence electrons. The molecule has 0 saturated carbocycles. The van der Waals surface area contributed by atoms with E-state index in [1.165, 1.54) is 5.39 Å². The fraction of sp³-hybridized carbons (Fsp3) is 0.231. The Bertz CT molecular complexity index is 500. The Balaban J connectivity index is 2.16. The quantitative estimate of drug-likeness (QED) is 0.561. The zero-order valence-corrected chi connectivity index (χ0v) is 8.80. The lowest BCUT2D eigenvalue weighted by molar-refractivity contribution is 0.818. The van der Waals surface area contributed by atoms with Crippen LogP contribution in [-0.2, 0) is 0 Å². The minimum Gasteiger partial charge on any atom is -0.361 e. The van der Waals surface area contributed by atoms with Crippen molar-refractivity contribution in [3.05, 3.63) is 36.0 Å². The predicted molar refractivity (Wildman–Crippen MR) is 63.7 cm³/mol. The van der Waals surface area contributed by atoms with Crippen LogP contribution in [0.4, 0.5) is 0 Å². The first-order valence-electron chi connectivity index (χ1n) is 5.11. The van der Waals surface area contributed by atoms with E-state index in [4.69, 9.17) is 0 Å². The highest BCUT2D eigenvalue weighted by molar-refractivity contribution is 5.80. The fourth-order valence-electron chi connectivity index (χ4n) is 1.48. The first-order chi connectivity index (χ1) is 7.40. The van der Waals surface area contributed by atoms with Crippen LogP contribution in [0.2, 0.25) is 0 Å². The second kappa shape index (κ2) is 4.68. The van der Waals surface area contributed by atoms with Gasteiger partial charge in [0.25, 0.3) is 0 Å². The summed E-state index contributed by atoms with van der Waals surface area (Å²) in [6.07, 6.45) is 2.84. The van der Waals surface area contributed by atoms with E-state index in [1.807, 2.05) is 13.2 Å². The summed E-state index contributed by atoms with van der Waals surface area (Å²) in [7, 11) is 1.94. The summed E-state index contributed by atoms with van der Waals surface area (Å²) in [5.41, 5.74) is 2.22. The summed E-state index contributed by atoms with van der Waals surface area (Å²) in [5.74, 6) is 6.28. The highest BCUT2D eigenvalue weighted by atomic mass is 14.8. The molecule has 0 atom stereocenters. The molecule has 0 fully saturated rings. The van der Waals surface area contributed by atoms with Crippen molar-refractivity contribution in [1.82, 2.24) is 10.3 Å². The van der Waals surface area contributed by atoms with Crippen molar-refractivity contribution < 1.29 is 0 Å². The van der Waals surface area contributed by atoms with Gasteiger partial charge in [0.15, 0.2) is 0 Å². The van der Waals surface area contributed by atoms with E-state index in [1.54, 1.807) is 0 Å². The normalized spacial score (nSPS) is 9.93. The van der Waals surface area contributed by atoms with Gasteiger partial charge in [0.1, 0.15) is 0 Å².